The minimum Gasteiger partial charge on any atom is -0.462 e. The highest BCUT2D eigenvalue weighted by Crippen LogP contribution is 2.45. The van der Waals surface area contributed by atoms with Gasteiger partial charge in [0, 0.05) is 25.7 Å². The van der Waals surface area contributed by atoms with Crippen molar-refractivity contribution < 1.29 is 80.2 Å². The predicted molar refractivity (Wildman–Crippen MR) is 354 cm³/mol. The van der Waals surface area contributed by atoms with E-state index in [2.05, 4.69) is 34.6 Å². The van der Waals surface area contributed by atoms with Gasteiger partial charge in [0.25, 0.3) is 0 Å². The molecule has 17 nitrogen and oxygen atoms in total. The van der Waals surface area contributed by atoms with E-state index in [9.17, 15) is 43.2 Å². The molecule has 0 amide bonds. The van der Waals surface area contributed by atoms with Gasteiger partial charge < -0.3 is 33.8 Å². The lowest BCUT2D eigenvalue weighted by Crippen LogP contribution is -2.30. The lowest BCUT2D eigenvalue weighted by atomic mass is 10.0. The van der Waals surface area contributed by atoms with Crippen LogP contribution >= 0.6 is 15.6 Å². The molecular formula is C69H134O17P2. The predicted octanol–water partition coefficient (Wildman–Crippen LogP) is 19.7. The monoisotopic (exact) mass is 1300 g/mol. The first kappa shape index (κ1) is 86.1. The molecule has 522 valence electrons. The Balaban J connectivity index is 5.21. The van der Waals surface area contributed by atoms with Gasteiger partial charge in [-0.3, -0.25) is 37.3 Å². The highest BCUT2D eigenvalue weighted by atomic mass is 31.2. The van der Waals surface area contributed by atoms with Crippen molar-refractivity contribution in [2.45, 2.75) is 374 Å². The minimum absolute atomic E-state index is 0.106. The standard InChI is InChI=1S/C69H134O17P2/c1-6-9-12-15-18-21-22-25-29-34-38-43-48-53-67(72)80-59-65(86-69(74)55-50-45-40-35-30-27-24-23-26-28-33-36-41-46-51-62(4)5)61-84-88(77,78)82-57-63(70)56-81-87(75,76)83-60-64(85-68(73)54-49-44-39-32-20-17-14-11-8-3)58-79-66(71)52-47-42-37-31-19-16-13-10-7-2/h62-65,70H,6-61H2,1-5H3,(H,75,76)(H,77,78)/t63-,64+,65+/m0/s1. The molecule has 0 saturated carbocycles. The maximum absolute atomic E-state index is 13.0. The molecule has 0 aliphatic rings. The Morgan fingerprint density at radius 3 is 0.773 bits per heavy atom. The van der Waals surface area contributed by atoms with Crippen LogP contribution in [0.25, 0.3) is 0 Å². The van der Waals surface area contributed by atoms with Crippen molar-refractivity contribution in [2.75, 3.05) is 39.6 Å². The zero-order valence-electron chi connectivity index (χ0n) is 56.9. The van der Waals surface area contributed by atoms with Crippen molar-refractivity contribution in [1.29, 1.82) is 0 Å². The number of hydrogen-bond acceptors (Lipinski definition) is 15. The SMILES string of the molecule is CCCCCCCCCCCCCCCC(=O)OC[C@H](COP(=O)(O)OC[C@@H](O)COP(=O)(O)OC[C@@H](COC(=O)CCCCCCCCCCC)OC(=O)CCCCCCCCCCC)OC(=O)CCCCCCCCCCCCCCCCC(C)C. The summed E-state index contributed by atoms with van der Waals surface area (Å²) >= 11 is 0. The minimum atomic E-state index is -4.95. The highest BCUT2D eigenvalue weighted by molar-refractivity contribution is 7.47. The second-order valence-corrected chi connectivity index (χ2v) is 28.3. The molecule has 0 radical (unpaired) electrons. The third kappa shape index (κ3) is 62.8. The van der Waals surface area contributed by atoms with Crippen molar-refractivity contribution in [2.24, 2.45) is 5.92 Å². The fourth-order valence-electron chi connectivity index (χ4n) is 10.5. The summed E-state index contributed by atoms with van der Waals surface area (Å²) in [6, 6.07) is 0. The summed E-state index contributed by atoms with van der Waals surface area (Å²) < 4.78 is 68.2. The maximum atomic E-state index is 13.0. The van der Waals surface area contributed by atoms with Crippen molar-refractivity contribution in [3.63, 3.8) is 0 Å². The molecule has 0 aromatic carbocycles. The van der Waals surface area contributed by atoms with E-state index in [1.54, 1.807) is 0 Å². The number of rotatable bonds is 69. The van der Waals surface area contributed by atoms with Crippen LogP contribution in [0.4, 0.5) is 0 Å². The Bertz CT molecular complexity index is 1700. The lowest BCUT2D eigenvalue weighted by Gasteiger charge is -2.21. The van der Waals surface area contributed by atoms with E-state index < -0.39 is 97.5 Å². The van der Waals surface area contributed by atoms with E-state index in [1.807, 2.05) is 0 Å². The molecule has 0 heterocycles. The summed E-state index contributed by atoms with van der Waals surface area (Å²) in [5.74, 6) is -1.33. The Morgan fingerprint density at radius 1 is 0.307 bits per heavy atom. The molecule has 0 fully saturated rings. The van der Waals surface area contributed by atoms with E-state index in [-0.39, 0.29) is 25.7 Å². The smallest absolute Gasteiger partial charge is 0.462 e. The number of phosphoric ester groups is 2. The number of carbonyl (C=O) groups is 4. The number of hydrogen-bond donors (Lipinski definition) is 3. The molecule has 2 unspecified atom stereocenters. The third-order valence-corrected chi connectivity index (χ3v) is 17.9. The van der Waals surface area contributed by atoms with E-state index >= 15 is 0 Å². The number of ether oxygens (including phenoxy) is 4. The first-order valence-electron chi connectivity index (χ1n) is 36.1. The largest absolute Gasteiger partial charge is 0.472 e. The van der Waals surface area contributed by atoms with Crippen molar-refractivity contribution in [3.8, 4) is 0 Å². The fraction of sp³-hybridized carbons (Fsp3) is 0.942. The third-order valence-electron chi connectivity index (χ3n) is 16.0. The van der Waals surface area contributed by atoms with Gasteiger partial charge in [-0.05, 0) is 31.6 Å². The van der Waals surface area contributed by atoms with Gasteiger partial charge in [-0.2, -0.15) is 0 Å². The molecule has 0 spiro atoms. The zero-order valence-corrected chi connectivity index (χ0v) is 58.6. The molecule has 88 heavy (non-hydrogen) atoms. The number of esters is 4. The molecule has 0 aliphatic heterocycles. The summed E-state index contributed by atoms with van der Waals surface area (Å²) in [5.41, 5.74) is 0. The van der Waals surface area contributed by atoms with Gasteiger partial charge in [0.05, 0.1) is 26.4 Å². The topological polar surface area (TPSA) is 237 Å². The Morgan fingerprint density at radius 2 is 0.523 bits per heavy atom. The Labute approximate surface area is 537 Å². The van der Waals surface area contributed by atoms with E-state index in [0.29, 0.717) is 25.7 Å². The van der Waals surface area contributed by atoms with E-state index in [4.69, 9.17) is 37.0 Å². The van der Waals surface area contributed by atoms with Crippen molar-refractivity contribution in [1.82, 2.24) is 0 Å². The molecule has 0 aliphatic carbocycles. The highest BCUT2D eigenvalue weighted by Gasteiger charge is 2.30. The van der Waals surface area contributed by atoms with Crippen LogP contribution in [-0.2, 0) is 65.4 Å². The first-order valence-corrected chi connectivity index (χ1v) is 39.1. The number of phosphoric acid groups is 2. The van der Waals surface area contributed by atoms with Gasteiger partial charge >= 0.3 is 39.5 Å². The second-order valence-electron chi connectivity index (χ2n) is 25.4. The Kier molecular flexibility index (Phi) is 61.1. The molecule has 0 aromatic heterocycles. The average molecular weight is 1300 g/mol. The first-order chi connectivity index (χ1) is 42.5. The molecular weight excluding hydrogens is 1160 g/mol. The molecule has 3 N–H and O–H groups in total. The van der Waals surface area contributed by atoms with Crippen LogP contribution < -0.4 is 0 Å². The normalized spacial score (nSPS) is 14.1. The van der Waals surface area contributed by atoms with Crippen molar-refractivity contribution in [3.05, 3.63) is 0 Å². The maximum Gasteiger partial charge on any atom is 0.472 e. The van der Waals surface area contributed by atoms with Crippen LogP contribution in [-0.4, -0.2) is 96.7 Å². The zero-order chi connectivity index (χ0) is 64.9. The number of aliphatic hydroxyl groups is 1. The summed E-state index contributed by atoms with van der Waals surface area (Å²) in [6.07, 6.45) is 48.5. The summed E-state index contributed by atoms with van der Waals surface area (Å²) in [7, 11) is -9.89. The van der Waals surface area contributed by atoms with Gasteiger partial charge in [-0.15, -0.1) is 0 Å². The van der Waals surface area contributed by atoms with E-state index in [0.717, 1.165) is 95.8 Å². The van der Waals surface area contributed by atoms with Gasteiger partial charge in [0.2, 0.25) is 0 Å². The molecule has 5 atom stereocenters. The molecule has 0 saturated heterocycles. The Hall–Kier alpha value is -1.94. The van der Waals surface area contributed by atoms with Crippen LogP contribution in [0.2, 0.25) is 0 Å². The van der Waals surface area contributed by atoms with Gasteiger partial charge in [0.15, 0.2) is 12.2 Å². The second kappa shape index (κ2) is 62.5. The molecule has 19 heteroatoms. The van der Waals surface area contributed by atoms with Crippen LogP contribution in [0.1, 0.15) is 356 Å². The molecule has 0 rings (SSSR count). The number of carbonyl (C=O) groups excluding carboxylic acids is 4. The van der Waals surface area contributed by atoms with Crippen LogP contribution in [0.15, 0.2) is 0 Å². The number of aliphatic hydroxyl groups excluding tert-OH is 1. The summed E-state index contributed by atoms with van der Waals surface area (Å²) in [5, 5.41) is 10.6. The van der Waals surface area contributed by atoms with Crippen LogP contribution in [0, 0.1) is 5.92 Å². The van der Waals surface area contributed by atoms with Crippen LogP contribution in [0.5, 0.6) is 0 Å². The molecule has 0 bridgehead atoms. The summed E-state index contributed by atoms with van der Waals surface area (Å²) in [4.78, 5) is 72.4. The van der Waals surface area contributed by atoms with E-state index in [1.165, 1.54) is 180 Å². The summed E-state index contributed by atoms with van der Waals surface area (Å²) in [6.45, 7) is 7.23. The van der Waals surface area contributed by atoms with Gasteiger partial charge in [0.1, 0.15) is 19.3 Å². The van der Waals surface area contributed by atoms with Crippen LogP contribution in [0.3, 0.4) is 0 Å². The fourth-order valence-corrected chi connectivity index (χ4v) is 12.0. The average Bonchev–Trinajstić information content (AvgIpc) is 3.52. The quantitative estimate of drug-likeness (QED) is 0.0222. The van der Waals surface area contributed by atoms with Gasteiger partial charge in [-0.1, -0.05) is 304 Å². The molecule has 0 aromatic rings. The van der Waals surface area contributed by atoms with Gasteiger partial charge in [-0.25, -0.2) is 9.13 Å². The van der Waals surface area contributed by atoms with Crippen molar-refractivity contribution >= 4 is 39.5 Å². The number of unbranched alkanes of at least 4 members (excludes halogenated alkanes) is 41. The lowest BCUT2D eigenvalue weighted by molar-refractivity contribution is -0.161.